The zero-order valence-corrected chi connectivity index (χ0v) is 11.3. The van der Waals surface area contributed by atoms with Crippen LogP contribution in [0, 0.1) is 0 Å². The SMILES string of the molecule is CCCN1CCC(NC(C)C(C)(C)O)CC1. The Bertz CT molecular complexity index is 193. The summed E-state index contributed by atoms with van der Waals surface area (Å²) in [6, 6.07) is 0.741. The number of nitrogens with zero attached hydrogens (tertiary/aromatic N) is 1. The van der Waals surface area contributed by atoms with Gasteiger partial charge in [0.05, 0.1) is 5.60 Å². The molecule has 16 heavy (non-hydrogen) atoms. The van der Waals surface area contributed by atoms with Crippen LogP contribution < -0.4 is 5.32 Å². The average molecular weight is 228 g/mol. The van der Waals surface area contributed by atoms with Gasteiger partial charge in [0.15, 0.2) is 0 Å². The minimum absolute atomic E-state index is 0.162. The fraction of sp³-hybridized carbons (Fsp3) is 1.00. The van der Waals surface area contributed by atoms with Crippen molar-refractivity contribution in [2.45, 2.75) is 64.6 Å². The van der Waals surface area contributed by atoms with Crippen LogP contribution in [0.4, 0.5) is 0 Å². The standard InChI is InChI=1S/C13H28N2O/c1-5-8-15-9-6-12(7-10-15)14-11(2)13(3,4)16/h11-12,14,16H,5-10H2,1-4H3. The van der Waals surface area contributed by atoms with Crippen LogP contribution in [-0.2, 0) is 0 Å². The summed E-state index contributed by atoms with van der Waals surface area (Å²) in [6.45, 7) is 11.7. The summed E-state index contributed by atoms with van der Waals surface area (Å²) in [5.41, 5.74) is -0.624. The molecule has 0 spiro atoms. The van der Waals surface area contributed by atoms with Crippen molar-refractivity contribution in [3.8, 4) is 0 Å². The molecule has 2 N–H and O–H groups in total. The molecule has 1 aliphatic rings. The highest BCUT2D eigenvalue weighted by atomic mass is 16.3. The molecule has 0 radical (unpaired) electrons. The Morgan fingerprint density at radius 1 is 1.38 bits per heavy atom. The van der Waals surface area contributed by atoms with Crippen molar-refractivity contribution in [3.63, 3.8) is 0 Å². The Kier molecular flexibility index (Phi) is 5.22. The summed E-state index contributed by atoms with van der Waals surface area (Å²) in [5, 5.41) is 13.4. The smallest absolute Gasteiger partial charge is 0.0741 e. The number of hydrogen-bond acceptors (Lipinski definition) is 3. The Morgan fingerprint density at radius 3 is 2.38 bits per heavy atom. The van der Waals surface area contributed by atoms with Crippen LogP contribution in [0.15, 0.2) is 0 Å². The summed E-state index contributed by atoms with van der Waals surface area (Å²) < 4.78 is 0. The van der Waals surface area contributed by atoms with E-state index < -0.39 is 5.60 Å². The lowest BCUT2D eigenvalue weighted by molar-refractivity contribution is 0.0353. The lowest BCUT2D eigenvalue weighted by atomic mass is 9.97. The highest BCUT2D eigenvalue weighted by Gasteiger charge is 2.26. The predicted octanol–water partition coefficient (Wildman–Crippen LogP) is 1.61. The third-order valence-electron chi connectivity index (χ3n) is 3.67. The van der Waals surface area contributed by atoms with Crippen LogP contribution in [0.25, 0.3) is 0 Å². The highest BCUT2D eigenvalue weighted by Crippen LogP contribution is 2.14. The largest absolute Gasteiger partial charge is 0.389 e. The van der Waals surface area contributed by atoms with Gasteiger partial charge in [-0.25, -0.2) is 0 Å². The number of aliphatic hydroxyl groups is 1. The Labute approximate surface area is 100 Å². The summed E-state index contributed by atoms with van der Waals surface area (Å²) in [6.07, 6.45) is 3.67. The van der Waals surface area contributed by atoms with E-state index >= 15 is 0 Å². The second-order valence-corrected chi connectivity index (χ2v) is 5.66. The molecule has 3 nitrogen and oxygen atoms in total. The van der Waals surface area contributed by atoms with Crippen LogP contribution in [0.2, 0.25) is 0 Å². The van der Waals surface area contributed by atoms with Gasteiger partial charge in [-0.05, 0) is 59.7 Å². The van der Waals surface area contributed by atoms with Gasteiger partial charge in [0.25, 0.3) is 0 Å². The Morgan fingerprint density at radius 2 is 1.94 bits per heavy atom. The molecule has 96 valence electrons. The van der Waals surface area contributed by atoms with Gasteiger partial charge in [-0.3, -0.25) is 0 Å². The lowest BCUT2D eigenvalue weighted by Gasteiger charge is -2.36. The van der Waals surface area contributed by atoms with Gasteiger partial charge in [-0.1, -0.05) is 6.92 Å². The Balaban J connectivity index is 2.27. The quantitative estimate of drug-likeness (QED) is 0.750. The number of rotatable bonds is 5. The van der Waals surface area contributed by atoms with E-state index in [1.165, 1.54) is 38.9 Å². The molecule has 1 fully saturated rings. The van der Waals surface area contributed by atoms with Crippen LogP contribution >= 0.6 is 0 Å². The van der Waals surface area contributed by atoms with E-state index in [0.717, 1.165) is 0 Å². The lowest BCUT2D eigenvalue weighted by Crippen LogP contribution is -2.52. The van der Waals surface area contributed by atoms with Crippen molar-refractivity contribution in [3.05, 3.63) is 0 Å². The predicted molar refractivity (Wildman–Crippen MR) is 68.6 cm³/mol. The van der Waals surface area contributed by atoms with E-state index in [4.69, 9.17) is 0 Å². The van der Waals surface area contributed by atoms with Crippen LogP contribution in [0.3, 0.4) is 0 Å². The van der Waals surface area contributed by atoms with Gasteiger partial charge < -0.3 is 15.3 Å². The van der Waals surface area contributed by atoms with Crippen molar-refractivity contribution >= 4 is 0 Å². The monoisotopic (exact) mass is 228 g/mol. The molecule has 0 aromatic heterocycles. The van der Waals surface area contributed by atoms with Gasteiger partial charge in [0.2, 0.25) is 0 Å². The topological polar surface area (TPSA) is 35.5 Å². The molecule has 1 rings (SSSR count). The molecule has 3 heteroatoms. The molecule has 0 aromatic rings. The third kappa shape index (κ3) is 4.40. The van der Waals surface area contributed by atoms with E-state index in [-0.39, 0.29) is 6.04 Å². The first-order valence-corrected chi connectivity index (χ1v) is 6.64. The minimum Gasteiger partial charge on any atom is -0.389 e. The summed E-state index contributed by atoms with van der Waals surface area (Å²) in [4.78, 5) is 2.53. The second-order valence-electron chi connectivity index (χ2n) is 5.66. The molecule has 0 saturated carbocycles. The van der Waals surface area contributed by atoms with Crippen LogP contribution in [-0.4, -0.2) is 47.3 Å². The first-order valence-electron chi connectivity index (χ1n) is 6.64. The summed E-state index contributed by atoms with van der Waals surface area (Å²) in [5.74, 6) is 0. The maximum absolute atomic E-state index is 9.88. The molecule has 0 aromatic carbocycles. The Hall–Kier alpha value is -0.120. The van der Waals surface area contributed by atoms with Crippen molar-refractivity contribution in [1.29, 1.82) is 0 Å². The maximum Gasteiger partial charge on any atom is 0.0741 e. The molecule has 1 aliphatic heterocycles. The average Bonchev–Trinajstić information content (AvgIpc) is 2.20. The van der Waals surface area contributed by atoms with Gasteiger partial charge in [-0.2, -0.15) is 0 Å². The number of likely N-dealkylation sites (tertiary alicyclic amines) is 1. The van der Waals surface area contributed by atoms with Gasteiger partial charge in [-0.15, -0.1) is 0 Å². The second kappa shape index (κ2) is 5.99. The number of nitrogens with one attached hydrogen (secondary N) is 1. The minimum atomic E-state index is -0.624. The zero-order valence-electron chi connectivity index (χ0n) is 11.3. The first-order chi connectivity index (χ1) is 7.43. The molecule has 0 bridgehead atoms. The molecule has 1 saturated heterocycles. The summed E-state index contributed by atoms with van der Waals surface area (Å²) in [7, 11) is 0. The third-order valence-corrected chi connectivity index (χ3v) is 3.67. The fourth-order valence-electron chi connectivity index (χ4n) is 2.20. The van der Waals surface area contributed by atoms with Crippen LogP contribution in [0.5, 0.6) is 0 Å². The van der Waals surface area contributed by atoms with E-state index in [1.807, 2.05) is 13.8 Å². The van der Waals surface area contributed by atoms with Crippen LogP contribution in [0.1, 0.15) is 47.0 Å². The first kappa shape index (κ1) is 13.9. The highest BCUT2D eigenvalue weighted by molar-refractivity contribution is 4.85. The van der Waals surface area contributed by atoms with Crippen molar-refractivity contribution < 1.29 is 5.11 Å². The van der Waals surface area contributed by atoms with Crippen molar-refractivity contribution in [1.82, 2.24) is 10.2 Å². The van der Waals surface area contributed by atoms with E-state index in [0.29, 0.717) is 6.04 Å². The van der Waals surface area contributed by atoms with Gasteiger partial charge in [0, 0.05) is 12.1 Å². The van der Waals surface area contributed by atoms with Gasteiger partial charge >= 0.3 is 0 Å². The molecular weight excluding hydrogens is 200 g/mol. The maximum atomic E-state index is 9.88. The van der Waals surface area contributed by atoms with Gasteiger partial charge in [0.1, 0.15) is 0 Å². The summed E-state index contributed by atoms with van der Waals surface area (Å²) >= 11 is 0. The fourth-order valence-corrected chi connectivity index (χ4v) is 2.20. The van der Waals surface area contributed by atoms with Crippen molar-refractivity contribution in [2.24, 2.45) is 0 Å². The van der Waals surface area contributed by atoms with Crippen molar-refractivity contribution in [2.75, 3.05) is 19.6 Å². The van der Waals surface area contributed by atoms with E-state index in [1.54, 1.807) is 0 Å². The normalized spacial score (nSPS) is 22.3. The molecule has 1 unspecified atom stereocenters. The zero-order chi connectivity index (χ0) is 12.2. The van der Waals surface area contributed by atoms with E-state index in [9.17, 15) is 5.11 Å². The number of hydrogen-bond donors (Lipinski definition) is 2. The molecular formula is C13H28N2O. The molecule has 0 aliphatic carbocycles. The molecule has 1 heterocycles. The van der Waals surface area contributed by atoms with E-state index in [2.05, 4.69) is 24.1 Å². The molecule has 0 amide bonds. The number of piperidine rings is 1. The molecule has 1 atom stereocenters.